The van der Waals surface area contributed by atoms with Gasteiger partial charge in [-0.15, -0.1) is 0 Å². The van der Waals surface area contributed by atoms with Crippen LogP contribution in [-0.4, -0.2) is 26.7 Å². The fraction of sp³-hybridized carbons (Fsp3) is 0.174. The third-order valence-corrected chi connectivity index (χ3v) is 5.10. The maximum Gasteiger partial charge on any atom is 0.262 e. The molecule has 0 heterocycles. The number of hydrogen-bond donors (Lipinski definition) is 3. The Morgan fingerprint density at radius 3 is 2.35 bits per heavy atom. The van der Waals surface area contributed by atoms with E-state index in [2.05, 4.69) is 32.1 Å². The highest BCUT2D eigenvalue weighted by Gasteiger charge is 2.13. The van der Waals surface area contributed by atoms with E-state index in [9.17, 15) is 4.79 Å². The first-order valence-electron chi connectivity index (χ1n) is 9.56. The number of anilines is 2. The van der Waals surface area contributed by atoms with Gasteiger partial charge in [0, 0.05) is 16.7 Å². The number of halogens is 1. The molecule has 0 saturated heterocycles. The summed E-state index contributed by atoms with van der Waals surface area (Å²) in [5.74, 6) is 1.27. The van der Waals surface area contributed by atoms with Crippen LogP contribution in [0.25, 0.3) is 0 Å². The van der Waals surface area contributed by atoms with Crippen molar-refractivity contribution in [3.05, 3.63) is 76.8 Å². The molecule has 3 aromatic rings. The fourth-order valence-corrected chi connectivity index (χ4v) is 3.29. The Morgan fingerprint density at radius 1 is 0.903 bits per heavy atom. The van der Waals surface area contributed by atoms with E-state index in [4.69, 9.17) is 14.2 Å². The zero-order valence-electron chi connectivity index (χ0n) is 17.3. The molecule has 1 amide bonds. The number of nitrogens with one attached hydrogen (secondary N) is 3. The van der Waals surface area contributed by atoms with Gasteiger partial charge in [0.1, 0.15) is 5.75 Å². The molecule has 0 atom stereocenters. The minimum Gasteiger partial charge on any atom is -0.495 e. The predicted octanol–water partition coefficient (Wildman–Crippen LogP) is 4.60. The van der Waals surface area contributed by atoms with Crippen LogP contribution in [0, 0.1) is 0 Å². The van der Waals surface area contributed by atoms with Crippen LogP contribution in [0.15, 0.2) is 71.2 Å². The minimum atomic E-state index is -0.305. The topological polar surface area (TPSA) is 80.9 Å². The Hall–Kier alpha value is -3.23. The minimum absolute atomic E-state index is 0.173. The van der Waals surface area contributed by atoms with Gasteiger partial charge in [-0.25, -0.2) is 5.43 Å². The molecule has 0 unspecified atom stereocenters. The van der Waals surface area contributed by atoms with Gasteiger partial charge in [0.15, 0.2) is 18.1 Å². The largest absolute Gasteiger partial charge is 0.495 e. The number of hydrazine groups is 1. The van der Waals surface area contributed by atoms with Crippen molar-refractivity contribution in [1.82, 2.24) is 5.43 Å². The Morgan fingerprint density at radius 2 is 1.61 bits per heavy atom. The van der Waals surface area contributed by atoms with Gasteiger partial charge < -0.3 is 25.0 Å². The molecule has 0 radical (unpaired) electrons. The molecule has 0 aromatic heterocycles. The zero-order valence-corrected chi connectivity index (χ0v) is 18.9. The monoisotopic (exact) mass is 485 g/mol. The van der Waals surface area contributed by atoms with Crippen LogP contribution in [-0.2, 0) is 11.3 Å². The smallest absolute Gasteiger partial charge is 0.262 e. The van der Waals surface area contributed by atoms with Crippen molar-refractivity contribution in [3.63, 3.8) is 0 Å². The number of ether oxygens (including phenoxy) is 3. The van der Waals surface area contributed by atoms with E-state index in [-0.39, 0.29) is 12.5 Å². The van der Waals surface area contributed by atoms with Gasteiger partial charge >= 0.3 is 0 Å². The third kappa shape index (κ3) is 6.37. The average molecular weight is 486 g/mol. The van der Waals surface area contributed by atoms with Gasteiger partial charge in [-0.2, -0.15) is 0 Å². The average Bonchev–Trinajstić information content (AvgIpc) is 2.80. The molecule has 3 aromatic carbocycles. The number of para-hydroxylation sites is 3. The standard InChI is InChI=1S/C23H24BrN3O4/c1-29-20-11-7-6-10-19(20)26-23(28)15-31-22-13-18(24)16(12-21(22)30-2)14-25-27-17-8-4-3-5-9-17/h3-13,25,27H,14-15H2,1-2H3,(H,26,28). The number of carbonyl (C=O) groups excluding carboxylic acids is 1. The molecule has 0 aliphatic heterocycles. The van der Waals surface area contributed by atoms with Crippen molar-refractivity contribution >= 4 is 33.2 Å². The van der Waals surface area contributed by atoms with Crippen LogP contribution in [0.4, 0.5) is 11.4 Å². The Kier molecular flexibility index (Phi) is 8.14. The van der Waals surface area contributed by atoms with E-state index in [0.717, 1.165) is 15.7 Å². The van der Waals surface area contributed by atoms with Gasteiger partial charge in [0.25, 0.3) is 5.91 Å². The van der Waals surface area contributed by atoms with Crippen molar-refractivity contribution < 1.29 is 19.0 Å². The second-order valence-corrected chi connectivity index (χ2v) is 7.33. The van der Waals surface area contributed by atoms with Crippen LogP contribution < -0.4 is 30.4 Å². The molecule has 8 heteroatoms. The molecule has 0 aliphatic carbocycles. The summed E-state index contributed by atoms with van der Waals surface area (Å²) in [7, 11) is 3.11. The van der Waals surface area contributed by atoms with E-state index in [1.165, 1.54) is 0 Å². The van der Waals surface area contributed by atoms with Crippen LogP contribution in [0.3, 0.4) is 0 Å². The Bertz CT molecular complexity index is 1010. The van der Waals surface area contributed by atoms with Crippen LogP contribution in [0.2, 0.25) is 0 Å². The summed E-state index contributed by atoms with van der Waals surface area (Å²) >= 11 is 3.56. The first kappa shape index (κ1) is 22.5. The van der Waals surface area contributed by atoms with Gasteiger partial charge in [-0.05, 0) is 42.0 Å². The summed E-state index contributed by atoms with van der Waals surface area (Å²) in [5.41, 5.74) is 8.82. The Labute approximate surface area is 189 Å². The normalized spacial score (nSPS) is 10.3. The molecule has 3 rings (SSSR count). The summed E-state index contributed by atoms with van der Waals surface area (Å²) in [6, 6.07) is 20.6. The van der Waals surface area contributed by atoms with Crippen molar-refractivity contribution in [2.45, 2.75) is 6.54 Å². The molecule has 0 fully saturated rings. The quantitative estimate of drug-likeness (QED) is 0.364. The Balaban J connectivity index is 1.59. The number of benzene rings is 3. The van der Waals surface area contributed by atoms with Crippen LogP contribution in [0.1, 0.15) is 5.56 Å². The molecular weight excluding hydrogens is 462 g/mol. The summed E-state index contributed by atoms with van der Waals surface area (Å²) in [4.78, 5) is 12.3. The number of carbonyl (C=O) groups is 1. The maximum absolute atomic E-state index is 12.3. The van der Waals surface area contributed by atoms with E-state index >= 15 is 0 Å². The van der Waals surface area contributed by atoms with Crippen molar-refractivity contribution in [2.75, 3.05) is 31.6 Å². The molecule has 31 heavy (non-hydrogen) atoms. The van der Waals surface area contributed by atoms with Gasteiger partial charge in [0.05, 0.1) is 19.9 Å². The number of amides is 1. The summed E-state index contributed by atoms with van der Waals surface area (Å²) < 4.78 is 17.2. The molecule has 3 N–H and O–H groups in total. The van der Waals surface area contributed by atoms with E-state index < -0.39 is 0 Å². The van der Waals surface area contributed by atoms with Crippen molar-refractivity contribution in [3.8, 4) is 17.2 Å². The molecule has 0 bridgehead atoms. The number of rotatable bonds is 10. The molecule has 7 nitrogen and oxygen atoms in total. The lowest BCUT2D eigenvalue weighted by Crippen LogP contribution is -2.21. The molecule has 0 spiro atoms. The van der Waals surface area contributed by atoms with E-state index in [1.807, 2.05) is 48.5 Å². The predicted molar refractivity (Wildman–Crippen MR) is 125 cm³/mol. The van der Waals surface area contributed by atoms with Gasteiger partial charge in [0.2, 0.25) is 0 Å². The first-order valence-corrected chi connectivity index (χ1v) is 10.4. The van der Waals surface area contributed by atoms with Crippen LogP contribution in [0.5, 0.6) is 17.2 Å². The summed E-state index contributed by atoms with van der Waals surface area (Å²) in [5, 5.41) is 2.78. The molecule has 162 valence electrons. The second kappa shape index (κ2) is 11.2. The van der Waals surface area contributed by atoms with E-state index in [1.54, 1.807) is 32.4 Å². The lowest BCUT2D eigenvalue weighted by Gasteiger charge is -2.15. The van der Waals surface area contributed by atoms with E-state index in [0.29, 0.717) is 29.5 Å². The van der Waals surface area contributed by atoms with Crippen LogP contribution >= 0.6 is 15.9 Å². The molecule has 0 saturated carbocycles. The third-order valence-electron chi connectivity index (χ3n) is 4.36. The molecular formula is C23H24BrN3O4. The summed E-state index contributed by atoms with van der Waals surface area (Å²) in [6.45, 7) is 0.369. The SMILES string of the molecule is COc1ccccc1NC(=O)COc1cc(Br)c(CNNc2ccccc2)cc1OC. The van der Waals surface area contributed by atoms with Gasteiger partial charge in [-0.1, -0.05) is 46.3 Å². The van der Waals surface area contributed by atoms with Gasteiger partial charge in [-0.3, -0.25) is 4.79 Å². The van der Waals surface area contributed by atoms with Crippen molar-refractivity contribution in [2.24, 2.45) is 0 Å². The number of hydrogen-bond acceptors (Lipinski definition) is 6. The van der Waals surface area contributed by atoms with Crippen molar-refractivity contribution in [1.29, 1.82) is 0 Å². The lowest BCUT2D eigenvalue weighted by molar-refractivity contribution is -0.118. The fourth-order valence-electron chi connectivity index (χ4n) is 2.83. The highest BCUT2D eigenvalue weighted by atomic mass is 79.9. The summed E-state index contributed by atoms with van der Waals surface area (Å²) in [6.07, 6.45) is 0. The highest BCUT2D eigenvalue weighted by Crippen LogP contribution is 2.33. The highest BCUT2D eigenvalue weighted by molar-refractivity contribution is 9.10. The molecule has 0 aliphatic rings. The lowest BCUT2D eigenvalue weighted by atomic mass is 10.2. The number of methoxy groups -OCH3 is 2. The zero-order chi connectivity index (χ0) is 22.1. The second-order valence-electron chi connectivity index (χ2n) is 6.48. The maximum atomic E-state index is 12.3. The first-order chi connectivity index (χ1) is 15.1.